The van der Waals surface area contributed by atoms with E-state index < -0.39 is 5.97 Å². The van der Waals surface area contributed by atoms with Crippen LogP contribution in [0.2, 0.25) is 0 Å². The molecule has 0 unspecified atom stereocenters. The highest BCUT2D eigenvalue weighted by atomic mass is 79.9. The van der Waals surface area contributed by atoms with Crippen LogP contribution in [0, 0.1) is 17.3 Å². The third kappa shape index (κ3) is 3.99. The van der Waals surface area contributed by atoms with Crippen molar-refractivity contribution in [1.29, 1.82) is 0 Å². The highest BCUT2D eigenvalue weighted by molar-refractivity contribution is 9.10. The molecule has 2 aliphatic carbocycles. The Morgan fingerprint density at radius 3 is 2.62 bits per heavy atom. The number of aryl methyl sites for hydroxylation is 1. The summed E-state index contributed by atoms with van der Waals surface area (Å²) < 4.78 is 13.0. The van der Waals surface area contributed by atoms with Crippen LogP contribution in [-0.4, -0.2) is 18.2 Å². The lowest BCUT2D eigenvalue weighted by molar-refractivity contribution is -0.139. The number of carbonyl (C=O) groups is 1. The van der Waals surface area contributed by atoms with Gasteiger partial charge in [0.2, 0.25) is 0 Å². The van der Waals surface area contributed by atoms with Gasteiger partial charge in [0.15, 0.2) is 0 Å². The number of hydrogen-bond acceptors (Lipinski definition) is 3. The van der Waals surface area contributed by atoms with Crippen LogP contribution in [0.1, 0.15) is 68.9 Å². The first-order valence-corrected chi connectivity index (χ1v) is 12.2. The zero-order valence-corrected chi connectivity index (χ0v) is 21.2. The van der Waals surface area contributed by atoms with E-state index in [0.717, 1.165) is 40.6 Å². The number of hydrogen-bond donors (Lipinski definition) is 1. The molecule has 1 N–H and O–H groups in total. The monoisotopic (exact) mass is 500 g/mol. The maximum atomic E-state index is 11.8. The van der Waals surface area contributed by atoms with E-state index in [1.54, 1.807) is 7.11 Å². The predicted octanol–water partition coefficient (Wildman–Crippen LogP) is 6.69. The molecule has 0 amide bonds. The van der Waals surface area contributed by atoms with Crippen molar-refractivity contribution in [1.82, 2.24) is 0 Å². The van der Waals surface area contributed by atoms with Crippen LogP contribution >= 0.6 is 15.9 Å². The fourth-order valence-corrected chi connectivity index (χ4v) is 6.32. The smallest absolute Gasteiger partial charge is 0.307 e. The topological polar surface area (TPSA) is 55.8 Å². The zero-order chi connectivity index (χ0) is 23.3. The van der Waals surface area contributed by atoms with Crippen LogP contribution in [0.5, 0.6) is 5.75 Å². The Morgan fingerprint density at radius 1 is 1.25 bits per heavy atom. The molecule has 172 valence electrons. The van der Waals surface area contributed by atoms with E-state index in [9.17, 15) is 9.90 Å². The summed E-state index contributed by atoms with van der Waals surface area (Å²) in [5, 5.41) is 9.71. The summed E-state index contributed by atoms with van der Waals surface area (Å²) in [5.74, 6) is 0.0170. The lowest BCUT2D eigenvalue weighted by Crippen LogP contribution is -2.22. The Morgan fingerprint density at radius 2 is 2.00 bits per heavy atom. The van der Waals surface area contributed by atoms with Crippen molar-refractivity contribution < 1.29 is 19.4 Å². The number of ether oxygens (including phenoxy) is 2. The molecule has 32 heavy (non-hydrogen) atoms. The van der Waals surface area contributed by atoms with E-state index in [-0.39, 0.29) is 28.8 Å². The van der Waals surface area contributed by atoms with Gasteiger partial charge in [0, 0.05) is 17.0 Å². The third-order valence-electron chi connectivity index (χ3n) is 7.41. The van der Waals surface area contributed by atoms with Gasteiger partial charge in [0.1, 0.15) is 12.4 Å². The second-order valence-electron chi connectivity index (χ2n) is 10.4. The normalized spacial score (nSPS) is 25.3. The summed E-state index contributed by atoms with van der Waals surface area (Å²) in [6, 6.07) is 12.5. The van der Waals surface area contributed by atoms with E-state index in [4.69, 9.17) is 9.47 Å². The predicted molar refractivity (Wildman–Crippen MR) is 129 cm³/mol. The van der Waals surface area contributed by atoms with Crippen LogP contribution in [-0.2, 0) is 28.0 Å². The second-order valence-corrected chi connectivity index (χ2v) is 11.3. The molecule has 2 aromatic rings. The number of halogens is 1. The van der Waals surface area contributed by atoms with Crippen LogP contribution in [0.4, 0.5) is 0 Å². The van der Waals surface area contributed by atoms with Gasteiger partial charge in [-0.1, -0.05) is 55.8 Å². The fraction of sp³-hybridized carbons (Fsp3) is 0.519. The summed E-state index contributed by atoms with van der Waals surface area (Å²) >= 11 is 3.68. The molecule has 4 rings (SSSR count). The van der Waals surface area contributed by atoms with E-state index in [1.807, 2.05) is 6.07 Å². The maximum absolute atomic E-state index is 11.8. The van der Waals surface area contributed by atoms with Gasteiger partial charge in [-0.15, -0.1) is 0 Å². The minimum atomic E-state index is -0.675. The molecular formula is C27H33BrO4. The largest absolute Gasteiger partial charge is 0.489 e. The van der Waals surface area contributed by atoms with E-state index in [0.29, 0.717) is 6.61 Å². The lowest BCUT2D eigenvalue weighted by Gasteiger charge is -2.30. The van der Waals surface area contributed by atoms with Gasteiger partial charge in [-0.2, -0.15) is 0 Å². The number of aliphatic carboxylic acids is 1. The van der Waals surface area contributed by atoms with E-state index in [1.165, 1.54) is 11.1 Å². The minimum absolute atomic E-state index is 0.0365. The molecule has 1 spiro atoms. The van der Waals surface area contributed by atoms with Crippen LogP contribution < -0.4 is 4.74 Å². The highest BCUT2D eigenvalue weighted by Gasteiger charge is 2.67. The third-order valence-corrected chi connectivity index (χ3v) is 8.14. The number of benzene rings is 2. The number of fused-ring (bicyclic) bond motifs is 2. The van der Waals surface area contributed by atoms with Gasteiger partial charge in [-0.3, -0.25) is 4.79 Å². The Bertz CT molecular complexity index is 1020. The van der Waals surface area contributed by atoms with Gasteiger partial charge in [-0.05, 0) is 77.1 Å². The molecule has 0 bridgehead atoms. The van der Waals surface area contributed by atoms with Crippen LogP contribution in [0.15, 0.2) is 40.9 Å². The van der Waals surface area contributed by atoms with Crippen LogP contribution in [0.3, 0.4) is 0 Å². The molecule has 0 aliphatic heterocycles. The van der Waals surface area contributed by atoms with E-state index in [2.05, 4.69) is 74.0 Å². The lowest BCUT2D eigenvalue weighted by atomic mass is 9.77. The molecule has 4 nitrogen and oxygen atoms in total. The molecule has 1 fully saturated rings. The first kappa shape index (κ1) is 23.3. The quantitative estimate of drug-likeness (QED) is 0.480. The Balaban J connectivity index is 1.56. The number of carboxylic acids is 1. The Hall–Kier alpha value is -1.85. The SMILES string of the molecule is CO[C@@H](c1cc(COc2ccc3c(c2)[C@@]2(CCC3)[C@H](C(=O)O)[C@@H]2C)ccc1Br)C(C)(C)C. The average Bonchev–Trinajstić information content (AvgIpc) is 3.32. The summed E-state index contributed by atoms with van der Waals surface area (Å²) in [6.07, 6.45) is 2.97. The average molecular weight is 501 g/mol. The maximum Gasteiger partial charge on any atom is 0.307 e. The molecule has 0 aromatic heterocycles. The van der Waals surface area contributed by atoms with Gasteiger partial charge in [0.05, 0.1) is 12.0 Å². The van der Waals surface area contributed by atoms with Gasteiger partial charge < -0.3 is 14.6 Å². The summed E-state index contributed by atoms with van der Waals surface area (Å²) in [7, 11) is 1.75. The van der Waals surface area contributed by atoms with Gasteiger partial charge in [-0.25, -0.2) is 0 Å². The first-order chi connectivity index (χ1) is 15.1. The van der Waals surface area contributed by atoms with Crippen molar-refractivity contribution in [2.75, 3.05) is 7.11 Å². The molecule has 1 saturated carbocycles. The summed E-state index contributed by atoms with van der Waals surface area (Å²) in [4.78, 5) is 11.8. The van der Waals surface area contributed by atoms with Crippen molar-refractivity contribution in [3.63, 3.8) is 0 Å². The van der Waals surface area contributed by atoms with Crippen molar-refractivity contribution in [2.24, 2.45) is 17.3 Å². The molecule has 2 aliphatic rings. The molecule has 5 heteroatoms. The van der Waals surface area contributed by atoms with Crippen molar-refractivity contribution >= 4 is 21.9 Å². The van der Waals surface area contributed by atoms with Crippen LogP contribution in [0.25, 0.3) is 0 Å². The molecule has 2 aromatic carbocycles. The van der Waals surface area contributed by atoms with Crippen molar-refractivity contribution in [3.8, 4) is 5.75 Å². The molecule has 0 radical (unpaired) electrons. The molecule has 0 heterocycles. The number of carboxylic acid groups (broad SMARTS) is 1. The standard InChI is InChI=1S/C27H33BrO4/c1-16-23(25(29)30)27(16)12-6-7-18-9-10-19(14-21(18)27)32-15-17-8-11-22(28)20(13-17)24(31-5)26(2,3)4/h8-11,13-14,16,23-24H,6-7,12,15H2,1-5H3,(H,29,30)/t16-,23-,24-,27-/m0/s1. The summed E-state index contributed by atoms with van der Waals surface area (Å²) in [6.45, 7) is 9.03. The van der Waals surface area contributed by atoms with Gasteiger partial charge >= 0.3 is 5.97 Å². The number of rotatable bonds is 6. The highest BCUT2D eigenvalue weighted by Crippen LogP contribution is 2.65. The zero-order valence-electron chi connectivity index (χ0n) is 19.6. The molecular weight excluding hydrogens is 468 g/mol. The van der Waals surface area contributed by atoms with Crippen molar-refractivity contribution in [2.45, 2.75) is 65.1 Å². The van der Waals surface area contributed by atoms with Gasteiger partial charge in [0.25, 0.3) is 0 Å². The van der Waals surface area contributed by atoms with E-state index >= 15 is 0 Å². The van der Waals surface area contributed by atoms with Crippen molar-refractivity contribution in [3.05, 3.63) is 63.1 Å². The first-order valence-electron chi connectivity index (χ1n) is 11.4. The summed E-state index contributed by atoms with van der Waals surface area (Å²) in [5.41, 5.74) is 4.39. The minimum Gasteiger partial charge on any atom is -0.489 e. The Labute approximate surface area is 199 Å². The Kier molecular flexibility index (Phi) is 6.19. The molecule has 0 saturated heterocycles. The number of methoxy groups -OCH3 is 1. The molecule has 4 atom stereocenters. The fourth-order valence-electron chi connectivity index (χ4n) is 5.86. The second kappa shape index (κ2) is 8.49.